The van der Waals surface area contributed by atoms with Crippen molar-refractivity contribution in [3.05, 3.63) is 83.5 Å². The molecule has 0 fully saturated rings. The lowest BCUT2D eigenvalue weighted by atomic mass is 10.2. The lowest BCUT2D eigenvalue weighted by Gasteiger charge is -2.05. The van der Waals surface area contributed by atoms with Crippen LogP contribution in [-0.2, 0) is 6.54 Å². The summed E-state index contributed by atoms with van der Waals surface area (Å²) in [5.41, 5.74) is 2.51. The summed E-state index contributed by atoms with van der Waals surface area (Å²) < 4.78 is 1.22. The van der Waals surface area contributed by atoms with Gasteiger partial charge < -0.3 is 5.32 Å². The third-order valence-corrected chi connectivity index (χ3v) is 4.96. The molecule has 4 aromatic rings. The number of aromatic nitrogens is 2. The van der Waals surface area contributed by atoms with Crippen LogP contribution in [0.1, 0.15) is 15.9 Å². The van der Waals surface area contributed by atoms with E-state index in [4.69, 9.17) is 0 Å². The van der Waals surface area contributed by atoms with E-state index in [0.29, 0.717) is 17.9 Å². The quantitative estimate of drug-likeness (QED) is 0.600. The van der Waals surface area contributed by atoms with E-state index in [-0.39, 0.29) is 5.91 Å². The van der Waals surface area contributed by atoms with Crippen molar-refractivity contribution in [3.8, 4) is 11.4 Å². The Bertz CT molecular complexity index is 1010. The second-order valence-corrected chi connectivity index (χ2v) is 6.51. The predicted molar refractivity (Wildman–Crippen MR) is 100 cm³/mol. The van der Waals surface area contributed by atoms with E-state index in [2.05, 4.69) is 32.8 Å². The standard InChI is InChI=1S/C20H15N3OS/c24-20(23-12-16-13-25-18-9-5-4-8-17(16)18)15-10-21-19(22-11-15)14-6-2-1-3-7-14/h1-11,13H,12H2,(H,23,24). The summed E-state index contributed by atoms with van der Waals surface area (Å²) in [5.74, 6) is 0.441. The Hall–Kier alpha value is -3.05. The van der Waals surface area contributed by atoms with Gasteiger partial charge in [0, 0.05) is 29.2 Å². The Balaban J connectivity index is 1.46. The van der Waals surface area contributed by atoms with Gasteiger partial charge in [-0.1, -0.05) is 48.5 Å². The molecule has 4 rings (SSSR count). The molecule has 0 atom stereocenters. The Morgan fingerprint density at radius 2 is 1.68 bits per heavy atom. The van der Waals surface area contributed by atoms with Crippen LogP contribution in [0.2, 0.25) is 0 Å². The maximum Gasteiger partial charge on any atom is 0.254 e. The molecule has 1 N–H and O–H groups in total. The number of fused-ring (bicyclic) bond motifs is 1. The zero-order chi connectivity index (χ0) is 17.1. The third kappa shape index (κ3) is 3.27. The van der Waals surface area contributed by atoms with Gasteiger partial charge in [0.1, 0.15) is 0 Å². The van der Waals surface area contributed by atoms with Crippen LogP contribution in [0.3, 0.4) is 0 Å². The van der Waals surface area contributed by atoms with E-state index in [0.717, 1.165) is 11.1 Å². The minimum Gasteiger partial charge on any atom is -0.348 e. The van der Waals surface area contributed by atoms with Crippen molar-refractivity contribution in [1.82, 2.24) is 15.3 Å². The van der Waals surface area contributed by atoms with E-state index in [1.807, 2.05) is 42.5 Å². The van der Waals surface area contributed by atoms with E-state index in [9.17, 15) is 4.79 Å². The fraction of sp³-hybridized carbons (Fsp3) is 0.0500. The van der Waals surface area contributed by atoms with Crippen LogP contribution in [0.4, 0.5) is 0 Å². The summed E-state index contributed by atoms with van der Waals surface area (Å²) in [5, 5.41) is 6.21. The molecule has 0 saturated carbocycles. The predicted octanol–water partition coefficient (Wildman–Crippen LogP) is 4.29. The minimum atomic E-state index is -0.171. The lowest BCUT2D eigenvalue weighted by molar-refractivity contribution is 0.0950. The summed E-state index contributed by atoms with van der Waals surface area (Å²) in [6.07, 6.45) is 3.13. The topological polar surface area (TPSA) is 54.9 Å². The van der Waals surface area contributed by atoms with Crippen LogP contribution in [0.25, 0.3) is 21.5 Å². The first-order valence-electron chi connectivity index (χ1n) is 7.92. The molecule has 5 heteroatoms. The van der Waals surface area contributed by atoms with Crippen LogP contribution in [0.5, 0.6) is 0 Å². The molecule has 0 unspecified atom stereocenters. The molecule has 1 amide bonds. The first-order chi connectivity index (χ1) is 12.3. The number of carbonyl (C=O) groups is 1. The number of carbonyl (C=O) groups excluding carboxylic acids is 1. The van der Waals surface area contributed by atoms with Crippen molar-refractivity contribution in [2.75, 3.05) is 0 Å². The molecule has 0 aliphatic rings. The molecule has 25 heavy (non-hydrogen) atoms. The Kier molecular flexibility index (Phi) is 4.23. The molecule has 2 heterocycles. The van der Waals surface area contributed by atoms with Crippen LogP contribution in [-0.4, -0.2) is 15.9 Å². The summed E-state index contributed by atoms with van der Waals surface area (Å²) in [4.78, 5) is 20.9. The van der Waals surface area contributed by atoms with Crippen LogP contribution in [0.15, 0.2) is 72.4 Å². The van der Waals surface area contributed by atoms with E-state index >= 15 is 0 Å². The van der Waals surface area contributed by atoms with Crippen LogP contribution in [0, 0.1) is 0 Å². The highest BCUT2D eigenvalue weighted by atomic mass is 32.1. The highest BCUT2D eigenvalue weighted by Crippen LogP contribution is 2.25. The van der Waals surface area contributed by atoms with Gasteiger partial charge in [-0.15, -0.1) is 11.3 Å². The average molecular weight is 345 g/mol. The highest BCUT2D eigenvalue weighted by Gasteiger charge is 2.09. The summed E-state index contributed by atoms with van der Waals surface area (Å²) >= 11 is 1.68. The van der Waals surface area contributed by atoms with Gasteiger partial charge in [0.05, 0.1) is 5.56 Å². The van der Waals surface area contributed by atoms with Gasteiger partial charge in [-0.05, 0) is 22.4 Å². The molecule has 0 radical (unpaired) electrons. The second kappa shape index (κ2) is 6.83. The fourth-order valence-electron chi connectivity index (χ4n) is 2.63. The number of nitrogens with zero attached hydrogens (tertiary/aromatic N) is 2. The van der Waals surface area contributed by atoms with Crippen LogP contribution >= 0.6 is 11.3 Å². The molecule has 0 saturated heterocycles. The molecule has 122 valence electrons. The van der Waals surface area contributed by atoms with E-state index in [1.165, 1.54) is 10.1 Å². The molecule has 0 aliphatic heterocycles. The van der Waals surface area contributed by atoms with Crippen molar-refractivity contribution < 1.29 is 4.79 Å². The van der Waals surface area contributed by atoms with Crippen molar-refractivity contribution in [1.29, 1.82) is 0 Å². The molecular formula is C20H15N3OS. The number of hydrogen-bond donors (Lipinski definition) is 1. The third-order valence-electron chi connectivity index (χ3n) is 3.95. The number of hydrogen-bond acceptors (Lipinski definition) is 4. The van der Waals surface area contributed by atoms with Crippen LogP contribution < -0.4 is 5.32 Å². The Morgan fingerprint density at radius 1 is 0.960 bits per heavy atom. The molecule has 2 aromatic carbocycles. The summed E-state index contributed by atoms with van der Waals surface area (Å²) in [7, 11) is 0. The molecule has 0 spiro atoms. The fourth-order valence-corrected chi connectivity index (χ4v) is 3.59. The number of nitrogens with one attached hydrogen (secondary N) is 1. The van der Waals surface area contributed by atoms with Gasteiger partial charge in [-0.2, -0.15) is 0 Å². The van der Waals surface area contributed by atoms with Crippen molar-refractivity contribution in [2.24, 2.45) is 0 Å². The maximum atomic E-state index is 12.3. The monoisotopic (exact) mass is 345 g/mol. The van der Waals surface area contributed by atoms with Crippen molar-refractivity contribution in [2.45, 2.75) is 6.54 Å². The van der Waals surface area contributed by atoms with Crippen molar-refractivity contribution in [3.63, 3.8) is 0 Å². The minimum absolute atomic E-state index is 0.171. The van der Waals surface area contributed by atoms with Gasteiger partial charge in [0.25, 0.3) is 5.91 Å². The van der Waals surface area contributed by atoms with E-state index in [1.54, 1.807) is 23.7 Å². The Labute approximate surface area is 149 Å². The van der Waals surface area contributed by atoms with E-state index < -0.39 is 0 Å². The van der Waals surface area contributed by atoms with Gasteiger partial charge in [0.15, 0.2) is 5.82 Å². The lowest BCUT2D eigenvalue weighted by Crippen LogP contribution is -2.23. The first kappa shape index (κ1) is 15.5. The number of amides is 1. The highest BCUT2D eigenvalue weighted by molar-refractivity contribution is 7.17. The van der Waals surface area contributed by atoms with Crippen molar-refractivity contribution >= 4 is 27.3 Å². The van der Waals surface area contributed by atoms with Gasteiger partial charge in [0.2, 0.25) is 0 Å². The zero-order valence-corrected chi connectivity index (χ0v) is 14.2. The molecule has 0 bridgehead atoms. The number of thiophene rings is 1. The summed E-state index contributed by atoms with van der Waals surface area (Å²) in [6.45, 7) is 0.489. The smallest absolute Gasteiger partial charge is 0.254 e. The number of benzene rings is 2. The Morgan fingerprint density at radius 3 is 2.48 bits per heavy atom. The molecular weight excluding hydrogens is 330 g/mol. The van der Waals surface area contributed by atoms with Gasteiger partial charge in [-0.3, -0.25) is 4.79 Å². The summed E-state index contributed by atoms with van der Waals surface area (Å²) in [6, 6.07) is 17.9. The molecule has 2 aromatic heterocycles. The first-order valence-corrected chi connectivity index (χ1v) is 8.80. The van der Waals surface area contributed by atoms with Gasteiger partial charge in [-0.25, -0.2) is 9.97 Å². The maximum absolute atomic E-state index is 12.3. The zero-order valence-electron chi connectivity index (χ0n) is 13.3. The number of rotatable bonds is 4. The van der Waals surface area contributed by atoms with Gasteiger partial charge >= 0.3 is 0 Å². The second-order valence-electron chi connectivity index (χ2n) is 5.60. The SMILES string of the molecule is O=C(NCc1csc2ccccc12)c1cnc(-c2ccccc2)nc1. The largest absolute Gasteiger partial charge is 0.348 e. The average Bonchev–Trinajstić information content (AvgIpc) is 3.10. The molecule has 4 nitrogen and oxygen atoms in total. The normalized spacial score (nSPS) is 10.7. The molecule has 0 aliphatic carbocycles.